The monoisotopic (exact) mass is 374 g/mol. The lowest BCUT2D eigenvalue weighted by molar-refractivity contribution is -0.0918. The first-order valence-corrected chi connectivity index (χ1v) is 9.24. The highest BCUT2D eigenvalue weighted by Crippen LogP contribution is 2.32. The molecule has 1 saturated heterocycles. The summed E-state index contributed by atoms with van der Waals surface area (Å²) in [6, 6.07) is 10.6. The number of ether oxygens (including phenoxy) is 1. The second kappa shape index (κ2) is 9.29. The van der Waals surface area contributed by atoms with Crippen molar-refractivity contribution in [1.29, 1.82) is 0 Å². The normalized spacial score (nSPS) is 14.7. The fourth-order valence-electron chi connectivity index (χ4n) is 2.65. The van der Waals surface area contributed by atoms with Gasteiger partial charge in [-0.3, -0.25) is 0 Å². The summed E-state index contributed by atoms with van der Waals surface area (Å²) in [6.07, 6.45) is 0.615. The van der Waals surface area contributed by atoms with Crippen molar-refractivity contribution in [1.82, 2.24) is 0 Å². The van der Waals surface area contributed by atoms with Crippen molar-refractivity contribution < 1.29 is 9.13 Å². The Morgan fingerprint density at radius 1 is 1.15 bits per heavy atom. The van der Waals surface area contributed by atoms with Gasteiger partial charge in [-0.15, -0.1) is 0 Å². The van der Waals surface area contributed by atoms with Crippen LogP contribution in [0.3, 0.4) is 0 Å². The first-order valence-electron chi connectivity index (χ1n) is 8.86. The summed E-state index contributed by atoms with van der Waals surface area (Å²) in [7, 11) is 5.84. The van der Waals surface area contributed by atoms with Gasteiger partial charge in [-0.1, -0.05) is 31.8 Å². The molecule has 2 radical (unpaired) electrons. The lowest BCUT2D eigenvalue weighted by Crippen LogP contribution is -2.47. The molecule has 2 aromatic carbocycles. The maximum Gasteiger partial charge on any atom is 0.141 e. The summed E-state index contributed by atoms with van der Waals surface area (Å²) in [5, 5.41) is 6.78. The number of hydrogen-bond donors (Lipinski definition) is 2. The van der Waals surface area contributed by atoms with Gasteiger partial charge in [0.1, 0.15) is 5.82 Å². The first kappa shape index (κ1) is 20.6. The molecule has 2 N–H and O–H groups in total. The summed E-state index contributed by atoms with van der Waals surface area (Å²) in [4.78, 5) is 0. The Bertz CT molecular complexity index is 732. The van der Waals surface area contributed by atoms with E-state index < -0.39 is 5.82 Å². The minimum Gasteiger partial charge on any atom is -0.384 e. The van der Waals surface area contributed by atoms with Gasteiger partial charge < -0.3 is 15.4 Å². The molecule has 0 bridgehead atoms. The second-order valence-corrected chi connectivity index (χ2v) is 6.74. The van der Waals surface area contributed by atoms with Gasteiger partial charge in [0.25, 0.3) is 0 Å². The molecule has 3 nitrogen and oxygen atoms in total. The number of halogens is 2. The van der Waals surface area contributed by atoms with Gasteiger partial charge in [-0.2, -0.15) is 0 Å². The minimum atomic E-state index is -0.424. The molecule has 0 spiro atoms. The van der Waals surface area contributed by atoms with Gasteiger partial charge in [0, 0.05) is 29.0 Å². The molecule has 1 aliphatic heterocycles. The van der Waals surface area contributed by atoms with Gasteiger partial charge in [0.15, 0.2) is 0 Å². The van der Waals surface area contributed by atoms with Crippen molar-refractivity contribution in [3.8, 4) is 0 Å². The van der Waals surface area contributed by atoms with Crippen LogP contribution in [0, 0.1) is 18.2 Å². The summed E-state index contributed by atoms with van der Waals surface area (Å²) < 4.78 is 18.5. The van der Waals surface area contributed by atoms with Crippen molar-refractivity contribution in [2.75, 3.05) is 30.4 Å². The van der Waals surface area contributed by atoms with E-state index >= 15 is 0 Å². The second-order valence-electron chi connectivity index (χ2n) is 6.33. The summed E-state index contributed by atoms with van der Waals surface area (Å²) >= 11 is 5.81. The lowest BCUT2D eigenvalue weighted by atomic mass is 9.74. The van der Waals surface area contributed by atoms with Crippen molar-refractivity contribution in [2.24, 2.45) is 5.41 Å². The number of benzene rings is 2. The van der Waals surface area contributed by atoms with Crippen LogP contribution in [-0.4, -0.2) is 27.6 Å². The van der Waals surface area contributed by atoms with Crippen LogP contribution in [0.5, 0.6) is 0 Å². The Morgan fingerprint density at radius 2 is 1.81 bits per heavy atom. The molecule has 0 aromatic heterocycles. The lowest BCUT2D eigenvalue weighted by Gasteiger charge is -2.41. The van der Waals surface area contributed by atoms with Crippen LogP contribution >= 0.6 is 11.6 Å². The van der Waals surface area contributed by atoms with Crippen LogP contribution in [0.4, 0.5) is 21.5 Å². The zero-order valence-electron chi connectivity index (χ0n) is 15.5. The molecular formula is C20H25BClFN2O. The van der Waals surface area contributed by atoms with E-state index in [1.165, 1.54) is 6.07 Å². The Kier molecular flexibility index (Phi) is 7.36. The van der Waals surface area contributed by atoms with E-state index in [0.29, 0.717) is 19.5 Å². The smallest absolute Gasteiger partial charge is 0.141 e. The molecule has 1 fully saturated rings. The van der Waals surface area contributed by atoms with Gasteiger partial charge >= 0.3 is 0 Å². The Labute approximate surface area is 161 Å². The third kappa shape index (κ3) is 4.92. The molecule has 26 heavy (non-hydrogen) atoms. The standard InChI is InChI=1S/C18H19BClFN2O.C2H6/c1-12-6-13(23-14-2-4-16(21)15(20)7-14)3-5-17(12)22-9-18(8-19)10-24-11-18;1-2/h2-7,22-23H,8-11H2,1H3;1-2H3. The first-order chi connectivity index (χ1) is 12.5. The van der Waals surface area contributed by atoms with Crippen LogP contribution in [0.1, 0.15) is 19.4 Å². The van der Waals surface area contributed by atoms with Crippen molar-refractivity contribution in [3.63, 3.8) is 0 Å². The summed E-state index contributed by atoms with van der Waals surface area (Å²) in [6.45, 7) is 8.25. The maximum atomic E-state index is 13.2. The van der Waals surface area contributed by atoms with E-state index in [2.05, 4.69) is 10.6 Å². The van der Waals surface area contributed by atoms with E-state index in [1.54, 1.807) is 12.1 Å². The third-order valence-corrected chi connectivity index (χ3v) is 4.63. The molecule has 0 unspecified atom stereocenters. The summed E-state index contributed by atoms with van der Waals surface area (Å²) in [5.41, 5.74) is 3.89. The van der Waals surface area contributed by atoms with Crippen molar-refractivity contribution >= 4 is 36.5 Å². The Balaban J connectivity index is 0.00000117. The SMILES string of the molecule is CC.[B]CC1(CNc2ccc(Nc3ccc(F)c(Cl)c3)cc2C)COC1. The average Bonchev–Trinajstić information content (AvgIpc) is 2.61. The molecule has 3 rings (SSSR count). The Hall–Kier alpha value is -1.72. The number of nitrogens with one attached hydrogen (secondary N) is 2. The van der Waals surface area contributed by atoms with Crippen LogP contribution < -0.4 is 10.6 Å². The molecule has 6 heteroatoms. The zero-order valence-corrected chi connectivity index (χ0v) is 16.3. The average molecular weight is 375 g/mol. The highest BCUT2D eigenvalue weighted by molar-refractivity contribution is 6.31. The van der Waals surface area contributed by atoms with E-state index in [-0.39, 0.29) is 10.4 Å². The largest absolute Gasteiger partial charge is 0.384 e. The van der Waals surface area contributed by atoms with Gasteiger partial charge in [-0.05, 0) is 48.9 Å². The fourth-order valence-corrected chi connectivity index (χ4v) is 2.83. The topological polar surface area (TPSA) is 33.3 Å². The van der Waals surface area contributed by atoms with Crippen LogP contribution in [0.15, 0.2) is 36.4 Å². The van der Waals surface area contributed by atoms with Crippen LogP contribution in [-0.2, 0) is 4.74 Å². The van der Waals surface area contributed by atoms with Gasteiger partial charge in [0.05, 0.1) is 26.1 Å². The zero-order chi connectivity index (χ0) is 19.2. The maximum absolute atomic E-state index is 13.2. The number of rotatable bonds is 6. The molecule has 0 amide bonds. The molecule has 2 aromatic rings. The molecule has 0 saturated carbocycles. The van der Waals surface area contributed by atoms with Crippen molar-refractivity contribution in [2.45, 2.75) is 27.1 Å². The Morgan fingerprint density at radius 3 is 2.35 bits per heavy atom. The molecule has 1 aliphatic rings. The van der Waals surface area contributed by atoms with Crippen molar-refractivity contribution in [3.05, 3.63) is 52.8 Å². The summed E-state index contributed by atoms with van der Waals surface area (Å²) in [5.74, 6) is -0.424. The van der Waals surface area contributed by atoms with E-state index in [9.17, 15) is 4.39 Å². The number of anilines is 3. The third-order valence-electron chi connectivity index (χ3n) is 4.34. The van der Waals surface area contributed by atoms with Gasteiger partial charge in [0.2, 0.25) is 0 Å². The quantitative estimate of drug-likeness (QED) is 0.648. The molecular weight excluding hydrogens is 349 g/mol. The highest BCUT2D eigenvalue weighted by Gasteiger charge is 2.36. The highest BCUT2D eigenvalue weighted by atomic mass is 35.5. The van der Waals surface area contributed by atoms with Gasteiger partial charge in [-0.25, -0.2) is 4.39 Å². The predicted octanol–water partition coefficient (Wildman–Crippen LogP) is 5.57. The molecule has 0 aliphatic carbocycles. The predicted molar refractivity (Wildman–Crippen MR) is 110 cm³/mol. The van der Waals surface area contributed by atoms with E-state index in [4.69, 9.17) is 24.2 Å². The van der Waals surface area contributed by atoms with E-state index in [1.807, 2.05) is 39.0 Å². The van der Waals surface area contributed by atoms with Crippen LogP contribution in [0.25, 0.3) is 0 Å². The number of aryl methyl sites for hydroxylation is 1. The van der Waals surface area contributed by atoms with E-state index in [0.717, 1.165) is 29.2 Å². The fraction of sp³-hybridized carbons (Fsp3) is 0.400. The molecule has 138 valence electrons. The number of hydrogen-bond acceptors (Lipinski definition) is 3. The minimum absolute atomic E-state index is 0.0498. The molecule has 0 atom stereocenters. The molecule has 1 heterocycles. The van der Waals surface area contributed by atoms with Crippen LogP contribution in [0.2, 0.25) is 11.3 Å².